The molecule has 78 valence electrons. The predicted octanol–water partition coefficient (Wildman–Crippen LogP) is 2.27. The summed E-state index contributed by atoms with van der Waals surface area (Å²) in [4.78, 5) is 11.2. The first-order valence-electron chi connectivity index (χ1n) is 4.45. The quantitative estimate of drug-likeness (QED) is 0.555. The molecule has 0 saturated heterocycles. The highest BCUT2D eigenvalue weighted by atomic mass is 35.5. The van der Waals surface area contributed by atoms with Gasteiger partial charge in [0.1, 0.15) is 10.3 Å². The molecule has 1 fully saturated rings. The summed E-state index contributed by atoms with van der Waals surface area (Å²) in [5.41, 5.74) is 0. The SMILES string of the molecule is CCOC(=O)C(C#N)CC1CC1(Cl)Cl. The maximum atomic E-state index is 11.2. The van der Waals surface area contributed by atoms with Crippen LogP contribution in [0.2, 0.25) is 0 Å². The first-order valence-corrected chi connectivity index (χ1v) is 5.21. The van der Waals surface area contributed by atoms with E-state index < -0.39 is 16.2 Å². The third-order valence-electron chi connectivity index (χ3n) is 2.20. The van der Waals surface area contributed by atoms with E-state index in [0.717, 1.165) is 0 Å². The van der Waals surface area contributed by atoms with Crippen LogP contribution in [0.4, 0.5) is 0 Å². The highest BCUT2D eigenvalue weighted by Crippen LogP contribution is 2.55. The molecule has 3 nitrogen and oxygen atoms in total. The topological polar surface area (TPSA) is 50.1 Å². The zero-order valence-electron chi connectivity index (χ0n) is 7.80. The van der Waals surface area contributed by atoms with E-state index in [1.165, 1.54) is 0 Å². The van der Waals surface area contributed by atoms with Crippen LogP contribution in [0.5, 0.6) is 0 Å². The minimum atomic E-state index is -0.737. The van der Waals surface area contributed by atoms with Crippen molar-refractivity contribution in [2.45, 2.75) is 24.1 Å². The molecule has 0 aromatic carbocycles. The molecule has 0 N–H and O–H groups in total. The second kappa shape index (κ2) is 4.37. The maximum absolute atomic E-state index is 11.2. The van der Waals surface area contributed by atoms with Crippen LogP contribution < -0.4 is 0 Å². The van der Waals surface area contributed by atoms with Gasteiger partial charge in [0.25, 0.3) is 0 Å². The van der Waals surface area contributed by atoms with Gasteiger partial charge < -0.3 is 4.74 Å². The molecular weight excluding hydrogens is 225 g/mol. The lowest BCUT2D eigenvalue weighted by molar-refractivity contribution is -0.146. The molecule has 5 heteroatoms. The van der Waals surface area contributed by atoms with Crippen molar-refractivity contribution in [3.63, 3.8) is 0 Å². The maximum Gasteiger partial charge on any atom is 0.323 e. The van der Waals surface area contributed by atoms with Crippen molar-refractivity contribution in [2.75, 3.05) is 6.61 Å². The van der Waals surface area contributed by atoms with E-state index in [2.05, 4.69) is 0 Å². The lowest BCUT2D eigenvalue weighted by Gasteiger charge is -2.07. The molecule has 0 heterocycles. The Bertz CT molecular complexity index is 272. The Balaban J connectivity index is 2.41. The summed E-state index contributed by atoms with van der Waals surface area (Å²) in [5.74, 6) is -1.18. The molecular formula is C9H11Cl2NO2. The van der Waals surface area contributed by atoms with Crippen LogP contribution in [0.3, 0.4) is 0 Å². The second-order valence-corrected chi connectivity index (χ2v) is 4.87. The number of halogens is 2. The normalized spacial score (nSPS) is 24.9. The molecule has 2 atom stereocenters. The van der Waals surface area contributed by atoms with Crippen molar-refractivity contribution in [1.29, 1.82) is 5.26 Å². The van der Waals surface area contributed by atoms with E-state index in [1.54, 1.807) is 6.92 Å². The van der Waals surface area contributed by atoms with Crippen molar-refractivity contribution in [3.8, 4) is 6.07 Å². The van der Waals surface area contributed by atoms with Crippen LogP contribution >= 0.6 is 23.2 Å². The highest BCUT2D eigenvalue weighted by Gasteiger charge is 2.52. The fourth-order valence-electron chi connectivity index (χ4n) is 1.25. The van der Waals surface area contributed by atoms with Crippen LogP contribution in [-0.2, 0) is 9.53 Å². The third kappa shape index (κ3) is 2.76. The number of hydrogen-bond donors (Lipinski definition) is 0. The Labute approximate surface area is 92.9 Å². The molecule has 0 amide bonds. The number of esters is 1. The van der Waals surface area contributed by atoms with Crippen LogP contribution in [0.1, 0.15) is 19.8 Å². The van der Waals surface area contributed by atoms with Gasteiger partial charge in [0, 0.05) is 0 Å². The summed E-state index contributed by atoms with van der Waals surface area (Å²) in [5, 5.41) is 8.73. The van der Waals surface area contributed by atoms with E-state index >= 15 is 0 Å². The van der Waals surface area contributed by atoms with Crippen LogP contribution in [0.15, 0.2) is 0 Å². The summed E-state index contributed by atoms with van der Waals surface area (Å²) >= 11 is 11.6. The first-order chi connectivity index (χ1) is 6.51. The third-order valence-corrected chi connectivity index (χ3v) is 3.13. The van der Waals surface area contributed by atoms with Crippen molar-refractivity contribution >= 4 is 29.2 Å². The lowest BCUT2D eigenvalue weighted by Crippen LogP contribution is -2.17. The number of nitriles is 1. The average Bonchev–Trinajstić information content (AvgIpc) is 2.70. The Kier molecular flexibility index (Phi) is 3.63. The van der Waals surface area contributed by atoms with Gasteiger partial charge in [-0.15, -0.1) is 23.2 Å². The first kappa shape index (κ1) is 11.6. The number of ether oxygens (including phenoxy) is 1. The Hall–Kier alpha value is -0.460. The van der Waals surface area contributed by atoms with E-state index in [0.29, 0.717) is 12.8 Å². The van der Waals surface area contributed by atoms with Crippen molar-refractivity contribution in [3.05, 3.63) is 0 Å². The van der Waals surface area contributed by atoms with Gasteiger partial charge in [0.05, 0.1) is 12.7 Å². The van der Waals surface area contributed by atoms with E-state index in [1.807, 2.05) is 6.07 Å². The summed E-state index contributed by atoms with van der Waals surface area (Å²) in [6, 6.07) is 1.90. The molecule has 14 heavy (non-hydrogen) atoms. The van der Waals surface area contributed by atoms with Crippen LogP contribution in [0.25, 0.3) is 0 Å². The molecule has 1 aliphatic rings. The molecule has 1 saturated carbocycles. The van der Waals surface area contributed by atoms with Gasteiger partial charge in [-0.2, -0.15) is 5.26 Å². The zero-order valence-corrected chi connectivity index (χ0v) is 9.31. The monoisotopic (exact) mass is 235 g/mol. The second-order valence-electron chi connectivity index (χ2n) is 3.33. The van der Waals surface area contributed by atoms with Crippen molar-refractivity contribution in [1.82, 2.24) is 0 Å². The van der Waals surface area contributed by atoms with E-state index in [-0.39, 0.29) is 12.5 Å². The lowest BCUT2D eigenvalue weighted by atomic mass is 10.0. The minimum absolute atomic E-state index is 0.0416. The Morgan fingerprint density at radius 1 is 1.79 bits per heavy atom. The van der Waals surface area contributed by atoms with Gasteiger partial charge in [0.15, 0.2) is 0 Å². The van der Waals surface area contributed by atoms with Crippen LogP contribution in [-0.4, -0.2) is 16.9 Å². The number of carbonyl (C=O) groups excluding carboxylic acids is 1. The molecule has 1 aliphatic carbocycles. The van der Waals surface area contributed by atoms with Crippen molar-refractivity contribution < 1.29 is 9.53 Å². The molecule has 0 spiro atoms. The standard InChI is InChI=1S/C9H11Cl2NO2/c1-2-14-8(13)6(5-12)3-7-4-9(7,10)11/h6-7H,2-4H2,1H3. The molecule has 0 aromatic heterocycles. The highest BCUT2D eigenvalue weighted by molar-refractivity contribution is 6.50. The fraction of sp³-hybridized carbons (Fsp3) is 0.778. The summed E-state index contributed by atoms with van der Waals surface area (Å²) in [6.45, 7) is 1.99. The smallest absolute Gasteiger partial charge is 0.323 e. The predicted molar refractivity (Wildman–Crippen MR) is 52.9 cm³/mol. The van der Waals surface area contributed by atoms with Gasteiger partial charge in [-0.1, -0.05) is 0 Å². The average molecular weight is 236 g/mol. The molecule has 2 unspecified atom stereocenters. The fourth-order valence-corrected chi connectivity index (χ4v) is 1.81. The van der Waals surface area contributed by atoms with E-state index in [4.69, 9.17) is 33.2 Å². The van der Waals surface area contributed by atoms with E-state index in [9.17, 15) is 4.79 Å². The zero-order chi connectivity index (χ0) is 10.8. The van der Waals surface area contributed by atoms with Gasteiger partial charge in [-0.25, -0.2) is 0 Å². The number of hydrogen-bond acceptors (Lipinski definition) is 3. The molecule has 0 bridgehead atoms. The summed E-state index contributed by atoms with van der Waals surface area (Å²) < 4.78 is 4.01. The molecule has 0 radical (unpaired) electrons. The number of rotatable bonds is 4. The molecule has 0 aliphatic heterocycles. The Morgan fingerprint density at radius 3 is 2.71 bits per heavy atom. The number of alkyl halides is 2. The van der Waals surface area contributed by atoms with Gasteiger partial charge in [0.2, 0.25) is 0 Å². The molecule has 0 aromatic rings. The van der Waals surface area contributed by atoms with Gasteiger partial charge in [-0.3, -0.25) is 4.79 Å². The minimum Gasteiger partial charge on any atom is -0.465 e. The number of nitrogens with zero attached hydrogens (tertiary/aromatic N) is 1. The summed E-state index contributed by atoms with van der Waals surface area (Å²) in [6.07, 6.45) is 1.04. The van der Waals surface area contributed by atoms with Crippen molar-refractivity contribution in [2.24, 2.45) is 11.8 Å². The number of carbonyl (C=O) groups is 1. The summed E-state index contributed by atoms with van der Waals surface area (Å²) in [7, 11) is 0. The Morgan fingerprint density at radius 2 is 2.36 bits per heavy atom. The van der Waals surface area contributed by atoms with Gasteiger partial charge in [-0.05, 0) is 25.7 Å². The van der Waals surface area contributed by atoms with Crippen LogP contribution in [0, 0.1) is 23.2 Å². The largest absolute Gasteiger partial charge is 0.465 e. The van der Waals surface area contributed by atoms with Gasteiger partial charge >= 0.3 is 5.97 Å². The molecule has 1 rings (SSSR count).